The Balaban J connectivity index is 2.75. The zero-order valence-electron chi connectivity index (χ0n) is 7.05. The van der Waals surface area contributed by atoms with Crippen LogP contribution in [-0.2, 0) is 4.79 Å². The van der Waals surface area contributed by atoms with Crippen LogP contribution in [0.3, 0.4) is 0 Å². The van der Waals surface area contributed by atoms with Gasteiger partial charge in [-0.15, -0.1) is 6.58 Å². The predicted octanol–water partition coefficient (Wildman–Crippen LogP) is 0.889. The molecule has 0 bridgehead atoms. The molecule has 12 heavy (non-hydrogen) atoms. The van der Waals surface area contributed by atoms with Gasteiger partial charge in [-0.3, -0.25) is 4.79 Å². The minimum absolute atomic E-state index is 0.0960. The third-order valence-corrected chi connectivity index (χ3v) is 2.25. The number of nitrogens with one attached hydrogen (secondary N) is 1. The van der Waals surface area contributed by atoms with E-state index in [1.54, 1.807) is 6.08 Å². The monoisotopic (exact) mass is 166 g/mol. The summed E-state index contributed by atoms with van der Waals surface area (Å²) in [5.41, 5.74) is 6.12. The average molecular weight is 166 g/mol. The molecule has 3 heteroatoms. The lowest BCUT2D eigenvalue weighted by atomic mass is 9.81. The van der Waals surface area contributed by atoms with Crippen molar-refractivity contribution in [1.82, 2.24) is 0 Å². The zero-order chi connectivity index (χ0) is 9.14. The molecule has 0 amide bonds. The van der Waals surface area contributed by atoms with Gasteiger partial charge in [0.2, 0.25) is 0 Å². The fraction of sp³-hybridized carbons (Fsp3) is 0.556. The summed E-state index contributed by atoms with van der Waals surface area (Å²) in [5.74, 6) is -0.296. The molecule has 0 aromatic rings. The number of hydrogen-bond donors (Lipinski definition) is 2. The van der Waals surface area contributed by atoms with Crippen molar-refractivity contribution in [2.45, 2.75) is 25.3 Å². The summed E-state index contributed by atoms with van der Waals surface area (Å²) in [6.45, 7) is 3.53. The summed E-state index contributed by atoms with van der Waals surface area (Å²) in [6, 6.07) is -0.370. The van der Waals surface area contributed by atoms with Crippen molar-refractivity contribution in [3.8, 4) is 0 Å². The van der Waals surface area contributed by atoms with Gasteiger partial charge in [0, 0.05) is 18.2 Å². The Labute approximate surface area is 72.2 Å². The van der Waals surface area contributed by atoms with E-state index >= 15 is 0 Å². The molecule has 2 atom stereocenters. The molecule has 1 aliphatic rings. The lowest BCUT2D eigenvalue weighted by Gasteiger charge is -2.24. The van der Waals surface area contributed by atoms with E-state index in [9.17, 15) is 4.79 Å². The molecule has 1 aliphatic carbocycles. The van der Waals surface area contributed by atoms with E-state index in [2.05, 4.69) is 6.58 Å². The van der Waals surface area contributed by atoms with Gasteiger partial charge < -0.3 is 11.1 Å². The molecule has 0 saturated heterocycles. The van der Waals surface area contributed by atoms with Gasteiger partial charge in [-0.1, -0.05) is 6.08 Å². The summed E-state index contributed by atoms with van der Waals surface area (Å²) in [5, 5.41) is 7.56. The Morgan fingerprint density at radius 2 is 2.33 bits per heavy atom. The van der Waals surface area contributed by atoms with Crippen molar-refractivity contribution in [2.75, 3.05) is 0 Å². The van der Waals surface area contributed by atoms with Crippen LogP contribution >= 0.6 is 0 Å². The first-order valence-electron chi connectivity index (χ1n) is 4.15. The van der Waals surface area contributed by atoms with Crippen LogP contribution in [0.2, 0.25) is 0 Å². The molecule has 3 nitrogen and oxygen atoms in total. The third kappa shape index (κ3) is 1.61. The quantitative estimate of drug-likeness (QED) is 0.598. The van der Waals surface area contributed by atoms with Gasteiger partial charge in [0.05, 0.1) is 5.92 Å². The Morgan fingerprint density at radius 1 is 1.67 bits per heavy atom. The van der Waals surface area contributed by atoms with E-state index < -0.39 is 5.92 Å². The highest BCUT2D eigenvalue weighted by atomic mass is 16.1. The second-order valence-electron chi connectivity index (χ2n) is 3.14. The number of carbonyl (C=O) groups is 1. The van der Waals surface area contributed by atoms with Crippen molar-refractivity contribution < 1.29 is 4.79 Å². The Bertz CT molecular complexity index is 207. The topological polar surface area (TPSA) is 66.9 Å². The molecule has 66 valence electrons. The van der Waals surface area contributed by atoms with Crippen LogP contribution in [0.15, 0.2) is 12.7 Å². The summed E-state index contributed by atoms with van der Waals surface area (Å²) in [7, 11) is 0. The highest BCUT2D eigenvalue weighted by Crippen LogP contribution is 2.20. The molecule has 1 fully saturated rings. The number of carbonyl (C=O) groups excluding carboxylic acids is 1. The molecular formula is C9H14N2O. The number of ketones is 1. The second kappa shape index (κ2) is 3.63. The van der Waals surface area contributed by atoms with Crippen LogP contribution in [0.1, 0.15) is 19.3 Å². The zero-order valence-corrected chi connectivity index (χ0v) is 7.05. The molecule has 0 aromatic carbocycles. The number of hydrogen-bond acceptors (Lipinski definition) is 3. The van der Waals surface area contributed by atoms with Crippen molar-refractivity contribution in [3.63, 3.8) is 0 Å². The Kier molecular flexibility index (Phi) is 2.76. The van der Waals surface area contributed by atoms with Crippen LogP contribution in [-0.4, -0.2) is 17.5 Å². The fourth-order valence-electron chi connectivity index (χ4n) is 1.54. The molecule has 0 radical (unpaired) electrons. The van der Waals surface area contributed by atoms with Crippen LogP contribution < -0.4 is 5.73 Å². The summed E-state index contributed by atoms with van der Waals surface area (Å²) < 4.78 is 0. The van der Waals surface area contributed by atoms with Gasteiger partial charge in [0.1, 0.15) is 5.78 Å². The first-order valence-corrected chi connectivity index (χ1v) is 4.15. The van der Waals surface area contributed by atoms with Crippen molar-refractivity contribution in [2.24, 2.45) is 11.7 Å². The SMILES string of the molecule is C=CC(N)C1C(=N)CCCC1=O. The van der Waals surface area contributed by atoms with E-state index in [0.717, 1.165) is 6.42 Å². The van der Waals surface area contributed by atoms with Crippen LogP contribution in [0.4, 0.5) is 0 Å². The van der Waals surface area contributed by atoms with E-state index in [4.69, 9.17) is 11.1 Å². The first-order chi connectivity index (χ1) is 5.66. The maximum atomic E-state index is 11.3. The minimum Gasteiger partial charge on any atom is -0.324 e. The van der Waals surface area contributed by atoms with E-state index in [-0.39, 0.29) is 11.8 Å². The predicted molar refractivity (Wildman–Crippen MR) is 48.2 cm³/mol. The number of Topliss-reactive ketones (excluding diaryl/α,β-unsaturated/α-hetero) is 1. The molecule has 3 N–H and O–H groups in total. The Hall–Kier alpha value is -0.960. The van der Waals surface area contributed by atoms with Gasteiger partial charge in [0.25, 0.3) is 0 Å². The van der Waals surface area contributed by atoms with E-state index in [1.165, 1.54) is 0 Å². The summed E-state index contributed by atoms with van der Waals surface area (Å²) >= 11 is 0. The van der Waals surface area contributed by atoms with Crippen molar-refractivity contribution in [3.05, 3.63) is 12.7 Å². The largest absolute Gasteiger partial charge is 0.324 e. The number of rotatable bonds is 2. The smallest absolute Gasteiger partial charge is 0.143 e. The highest BCUT2D eigenvalue weighted by Gasteiger charge is 2.30. The number of nitrogens with two attached hydrogens (primary N) is 1. The minimum atomic E-state index is -0.392. The standard InChI is InChI=1S/C9H14N2O/c1-2-6(10)9-7(11)4-3-5-8(9)12/h2,6,9,11H,1,3-5,10H2. The summed E-state index contributed by atoms with van der Waals surface area (Å²) in [4.78, 5) is 11.3. The molecular weight excluding hydrogens is 152 g/mol. The molecule has 1 rings (SSSR count). The molecule has 0 aromatic heterocycles. The maximum Gasteiger partial charge on any atom is 0.143 e. The highest BCUT2D eigenvalue weighted by molar-refractivity contribution is 6.06. The Morgan fingerprint density at radius 3 is 2.83 bits per heavy atom. The molecule has 2 unspecified atom stereocenters. The average Bonchev–Trinajstić information content (AvgIpc) is 2.03. The molecule has 0 aliphatic heterocycles. The van der Waals surface area contributed by atoms with Gasteiger partial charge in [0.15, 0.2) is 0 Å². The lowest BCUT2D eigenvalue weighted by Crippen LogP contribution is -2.41. The molecule has 0 spiro atoms. The van der Waals surface area contributed by atoms with Crippen LogP contribution in [0, 0.1) is 11.3 Å². The second-order valence-corrected chi connectivity index (χ2v) is 3.14. The van der Waals surface area contributed by atoms with Gasteiger partial charge in [-0.25, -0.2) is 0 Å². The maximum absolute atomic E-state index is 11.3. The first kappa shape index (κ1) is 9.13. The normalized spacial score (nSPS) is 26.9. The van der Waals surface area contributed by atoms with Crippen molar-refractivity contribution >= 4 is 11.5 Å². The third-order valence-electron chi connectivity index (χ3n) is 2.25. The fourth-order valence-corrected chi connectivity index (χ4v) is 1.54. The molecule has 1 saturated carbocycles. The summed E-state index contributed by atoms with van der Waals surface area (Å²) in [6.07, 6.45) is 3.62. The lowest BCUT2D eigenvalue weighted by molar-refractivity contribution is -0.121. The van der Waals surface area contributed by atoms with E-state index in [1.807, 2.05) is 0 Å². The van der Waals surface area contributed by atoms with Gasteiger partial charge in [-0.2, -0.15) is 0 Å². The van der Waals surface area contributed by atoms with E-state index in [0.29, 0.717) is 18.6 Å². The van der Waals surface area contributed by atoms with Gasteiger partial charge in [-0.05, 0) is 12.8 Å². The molecule has 0 heterocycles. The van der Waals surface area contributed by atoms with Crippen molar-refractivity contribution in [1.29, 1.82) is 5.41 Å². The van der Waals surface area contributed by atoms with Crippen LogP contribution in [0.5, 0.6) is 0 Å². The van der Waals surface area contributed by atoms with Gasteiger partial charge >= 0.3 is 0 Å². The van der Waals surface area contributed by atoms with Crippen LogP contribution in [0.25, 0.3) is 0 Å².